The highest BCUT2D eigenvalue weighted by atomic mass is 32.2. The maximum atomic E-state index is 13.2. The summed E-state index contributed by atoms with van der Waals surface area (Å²) < 4.78 is 40.9. The Bertz CT molecular complexity index is 1200. The van der Waals surface area contributed by atoms with Crippen molar-refractivity contribution in [1.82, 2.24) is 20.2 Å². The zero-order valence-corrected chi connectivity index (χ0v) is 16.6. The summed E-state index contributed by atoms with van der Waals surface area (Å²) in [5.41, 5.74) is 1.97. The Kier molecular flexibility index (Phi) is 4.46. The first-order valence-electron chi connectivity index (χ1n) is 8.58. The fraction of sp³-hybridized carbons (Fsp3) is 0.222. The molecular formula is C18H17N5O5S. The van der Waals surface area contributed by atoms with Gasteiger partial charge in [0.25, 0.3) is 10.0 Å². The monoisotopic (exact) mass is 415 g/mol. The highest BCUT2D eigenvalue weighted by Gasteiger charge is 2.25. The van der Waals surface area contributed by atoms with Crippen LogP contribution in [0, 0.1) is 13.8 Å². The van der Waals surface area contributed by atoms with E-state index in [0.29, 0.717) is 28.3 Å². The number of aryl methyl sites for hydroxylation is 2. The number of hydrogen-bond donors (Lipinski definition) is 1. The number of fused-ring (bicyclic) bond motifs is 1. The van der Waals surface area contributed by atoms with Gasteiger partial charge in [-0.05, 0) is 60.5 Å². The normalized spacial score (nSPS) is 12.8. The van der Waals surface area contributed by atoms with Crippen molar-refractivity contribution in [3.63, 3.8) is 0 Å². The summed E-state index contributed by atoms with van der Waals surface area (Å²) >= 11 is 0. The van der Waals surface area contributed by atoms with Crippen molar-refractivity contribution in [3.8, 4) is 17.2 Å². The van der Waals surface area contributed by atoms with Gasteiger partial charge in [0.2, 0.25) is 6.79 Å². The van der Waals surface area contributed by atoms with Crippen molar-refractivity contribution in [2.45, 2.75) is 25.7 Å². The number of benzene rings is 2. The van der Waals surface area contributed by atoms with Gasteiger partial charge in [-0.3, -0.25) is 9.52 Å². The maximum absolute atomic E-state index is 13.2. The second-order valence-electron chi connectivity index (χ2n) is 6.58. The van der Waals surface area contributed by atoms with E-state index in [2.05, 4.69) is 20.2 Å². The molecule has 150 valence electrons. The Morgan fingerprint density at radius 1 is 1.10 bits per heavy atom. The molecule has 0 spiro atoms. The molecule has 0 unspecified atom stereocenters. The quantitative estimate of drug-likeness (QED) is 0.627. The van der Waals surface area contributed by atoms with E-state index in [0.717, 1.165) is 0 Å². The van der Waals surface area contributed by atoms with E-state index in [1.807, 2.05) is 0 Å². The molecule has 29 heavy (non-hydrogen) atoms. The number of Topliss-reactive ketones (excluding diaryl/α,β-unsaturated/α-hetero) is 1. The molecule has 2 aromatic carbocycles. The van der Waals surface area contributed by atoms with Gasteiger partial charge in [-0.15, -0.1) is 5.10 Å². The van der Waals surface area contributed by atoms with Crippen LogP contribution in [0.1, 0.15) is 28.4 Å². The van der Waals surface area contributed by atoms with E-state index in [1.54, 1.807) is 26.0 Å². The van der Waals surface area contributed by atoms with Gasteiger partial charge in [0, 0.05) is 11.6 Å². The lowest BCUT2D eigenvalue weighted by Gasteiger charge is -2.16. The first-order valence-corrected chi connectivity index (χ1v) is 10.1. The van der Waals surface area contributed by atoms with Crippen molar-refractivity contribution >= 4 is 21.5 Å². The molecule has 0 fully saturated rings. The molecule has 0 atom stereocenters. The second kappa shape index (κ2) is 6.85. The Morgan fingerprint density at radius 3 is 2.34 bits per heavy atom. The minimum atomic E-state index is -3.99. The van der Waals surface area contributed by atoms with Gasteiger partial charge in [-0.2, -0.15) is 0 Å². The Balaban J connectivity index is 1.76. The molecule has 0 radical (unpaired) electrons. The van der Waals surface area contributed by atoms with E-state index in [4.69, 9.17) is 9.47 Å². The fourth-order valence-corrected chi connectivity index (χ4v) is 4.80. The van der Waals surface area contributed by atoms with E-state index in [1.165, 1.54) is 30.1 Å². The average Bonchev–Trinajstić information content (AvgIpc) is 3.31. The van der Waals surface area contributed by atoms with Crippen LogP contribution in [0.4, 0.5) is 5.69 Å². The third-order valence-electron chi connectivity index (χ3n) is 4.46. The molecule has 10 nitrogen and oxygen atoms in total. The summed E-state index contributed by atoms with van der Waals surface area (Å²) in [6, 6.07) is 6.27. The number of anilines is 1. The minimum absolute atomic E-state index is 0.0136. The summed E-state index contributed by atoms with van der Waals surface area (Å²) in [6.07, 6.45) is 1.42. The third-order valence-corrected chi connectivity index (χ3v) is 6.13. The fourth-order valence-electron chi connectivity index (χ4n) is 3.28. The summed E-state index contributed by atoms with van der Waals surface area (Å²) in [5.74, 6) is 0.468. The van der Waals surface area contributed by atoms with Crippen LogP contribution in [0.25, 0.3) is 5.69 Å². The lowest BCUT2D eigenvalue weighted by molar-refractivity contribution is 0.101. The standard InChI is InChI=1S/C18H17N5O5S/c1-10-4-13(23-8-19-21-22-23)5-11(2)18(10)29(25,26)20-15-7-17-16(27-9-28-17)6-14(15)12(3)24/h4-8,20H,9H2,1-3H3. The first-order chi connectivity index (χ1) is 13.8. The van der Waals surface area contributed by atoms with E-state index in [-0.39, 0.29) is 28.7 Å². The van der Waals surface area contributed by atoms with Gasteiger partial charge in [0.1, 0.15) is 6.33 Å². The zero-order chi connectivity index (χ0) is 20.8. The number of ether oxygens (including phenoxy) is 2. The van der Waals surface area contributed by atoms with Gasteiger partial charge < -0.3 is 9.47 Å². The molecular weight excluding hydrogens is 398 g/mol. The van der Waals surface area contributed by atoms with Crippen LogP contribution in [0.3, 0.4) is 0 Å². The number of nitrogens with zero attached hydrogens (tertiary/aromatic N) is 4. The van der Waals surface area contributed by atoms with Gasteiger partial charge in [0.05, 0.1) is 16.3 Å². The van der Waals surface area contributed by atoms with Crippen molar-refractivity contribution in [2.75, 3.05) is 11.5 Å². The number of carbonyl (C=O) groups is 1. The molecule has 1 aliphatic heterocycles. The molecule has 2 heterocycles. The predicted octanol–water partition coefficient (Wildman–Crippen LogP) is 2.01. The summed E-state index contributed by atoms with van der Waals surface area (Å²) in [5, 5.41) is 11.0. The lowest BCUT2D eigenvalue weighted by Crippen LogP contribution is -2.18. The molecule has 0 saturated heterocycles. The van der Waals surface area contributed by atoms with Crippen molar-refractivity contribution < 1.29 is 22.7 Å². The summed E-state index contributed by atoms with van der Waals surface area (Å²) in [6.45, 7) is 4.73. The Morgan fingerprint density at radius 2 is 1.76 bits per heavy atom. The summed E-state index contributed by atoms with van der Waals surface area (Å²) in [4.78, 5) is 12.2. The van der Waals surface area contributed by atoms with Crippen LogP contribution < -0.4 is 14.2 Å². The van der Waals surface area contributed by atoms with Crippen molar-refractivity contribution in [3.05, 3.63) is 47.3 Å². The number of rotatable bonds is 5. The Labute approximate surface area is 166 Å². The topological polar surface area (TPSA) is 125 Å². The lowest BCUT2D eigenvalue weighted by atomic mass is 10.1. The molecule has 0 aliphatic carbocycles. The molecule has 3 aromatic rings. The molecule has 1 aromatic heterocycles. The average molecular weight is 415 g/mol. The SMILES string of the molecule is CC(=O)c1cc2c(cc1NS(=O)(=O)c1c(C)cc(-n3cnnn3)cc1C)OCO2. The predicted molar refractivity (Wildman–Crippen MR) is 102 cm³/mol. The van der Waals surface area contributed by atoms with E-state index < -0.39 is 10.0 Å². The van der Waals surface area contributed by atoms with Gasteiger partial charge in [0.15, 0.2) is 17.3 Å². The molecule has 0 bridgehead atoms. The van der Waals surface area contributed by atoms with Crippen molar-refractivity contribution in [2.24, 2.45) is 0 Å². The molecule has 11 heteroatoms. The highest BCUT2D eigenvalue weighted by Crippen LogP contribution is 2.38. The number of nitrogens with one attached hydrogen (secondary N) is 1. The minimum Gasteiger partial charge on any atom is -0.454 e. The van der Waals surface area contributed by atoms with Crippen LogP contribution in [-0.2, 0) is 10.0 Å². The number of hydrogen-bond acceptors (Lipinski definition) is 8. The van der Waals surface area contributed by atoms with Crippen LogP contribution in [0.5, 0.6) is 11.5 Å². The van der Waals surface area contributed by atoms with Gasteiger partial charge in [-0.1, -0.05) is 0 Å². The van der Waals surface area contributed by atoms with Gasteiger partial charge in [-0.25, -0.2) is 13.1 Å². The molecule has 4 rings (SSSR count). The van der Waals surface area contributed by atoms with Crippen LogP contribution in [0.2, 0.25) is 0 Å². The molecule has 0 saturated carbocycles. The third kappa shape index (κ3) is 3.40. The Hall–Kier alpha value is -3.47. The number of carbonyl (C=O) groups excluding carboxylic acids is 1. The highest BCUT2D eigenvalue weighted by molar-refractivity contribution is 7.92. The molecule has 0 amide bonds. The second-order valence-corrected chi connectivity index (χ2v) is 8.20. The number of aromatic nitrogens is 4. The summed E-state index contributed by atoms with van der Waals surface area (Å²) in [7, 11) is -3.99. The largest absolute Gasteiger partial charge is 0.454 e. The van der Waals surface area contributed by atoms with Gasteiger partial charge >= 0.3 is 0 Å². The molecule has 1 N–H and O–H groups in total. The maximum Gasteiger partial charge on any atom is 0.262 e. The number of tetrazole rings is 1. The van der Waals surface area contributed by atoms with E-state index in [9.17, 15) is 13.2 Å². The number of sulfonamides is 1. The smallest absolute Gasteiger partial charge is 0.262 e. The zero-order valence-electron chi connectivity index (χ0n) is 15.8. The van der Waals surface area contributed by atoms with Crippen LogP contribution in [-0.4, -0.2) is 41.2 Å². The van der Waals surface area contributed by atoms with E-state index >= 15 is 0 Å². The first kappa shape index (κ1) is 18.9. The van der Waals surface area contributed by atoms with Crippen LogP contribution >= 0.6 is 0 Å². The number of ketones is 1. The van der Waals surface area contributed by atoms with Crippen molar-refractivity contribution in [1.29, 1.82) is 0 Å². The van der Waals surface area contributed by atoms with Crippen LogP contribution in [0.15, 0.2) is 35.5 Å². The molecule has 1 aliphatic rings.